The number of ether oxygens (including phenoxy) is 1. The largest absolute Gasteiger partial charge is 0.393 e. The van der Waals surface area contributed by atoms with E-state index >= 15 is 0 Å². The molecule has 3 heterocycles. The van der Waals surface area contributed by atoms with E-state index in [9.17, 15) is 5.11 Å². The highest BCUT2D eigenvalue weighted by Crippen LogP contribution is 2.37. The highest BCUT2D eigenvalue weighted by molar-refractivity contribution is 5.84. The number of aromatic nitrogens is 5. The number of hydrogen-bond donors (Lipinski definition) is 2. The first-order valence-electron chi connectivity index (χ1n) is 12.5. The van der Waals surface area contributed by atoms with Crippen molar-refractivity contribution >= 4 is 12.7 Å². The van der Waals surface area contributed by atoms with E-state index in [1.807, 2.05) is 41.1 Å². The molecule has 3 aromatic rings. The molecule has 36 heavy (non-hydrogen) atoms. The van der Waals surface area contributed by atoms with Gasteiger partial charge in [0.2, 0.25) is 5.96 Å². The van der Waals surface area contributed by atoms with E-state index in [2.05, 4.69) is 52.5 Å². The molecule has 194 valence electrons. The van der Waals surface area contributed by atoms with Crippen molar-refractivity contribution < 1.29 is 9.84 Å². The topological polar surface area (TPSA) is 107 Å². The first-order valence-corrected chi connectivity index (χ1v) is 12.5. The number of hydrogen-bond acceptors (Lipinski definition) is 5. The van der Waals surface area contributed by atoms with Gasteiger partial charge in [-0.25, -0.2) is 9.67 Å². The van der Waals surface area contributed by atoms with Crippen molar-refractivity contribution in [1.82, 2.24) is 29.6 Å². The maximum atomic E-state index is 10.1. The number of rotatable bonds is 8. The van der Waals surface area contributed by atoms with Crippen LogP contribution in [0.5, 0.6) is 0 Å². The van der Waals surface area contributed by atoms with Crippen molar-refractivity contribution in [2.45, 2.75) is 71.1 Å². The van der Waals surface area contributed by atoms with Crippen LogP contribution in [0.25, 0.3) is 11.1 Å². The zero-order chi connectivity index (χ0) is 25.8. The van der Waals surface area contributed by atoms with Crippen molar-refractivity contribution in [3.63, 3.8) is 0 Å². The second kappa shape index (κ2) is 11.2. The van der Waals surface area contributed by atoms with Gasteiger partial charge in [0.25, 0.3) is 0 Å². The number of aliphatic hydroxyl groups is 1. The molecule has 0 bridgehead atoms. The molecule has 2 N–H and O–H groups in total. The van der Waals surface area contributed by atoms with Crippen LogP contribution in [0, 0.1) is 13.8 Å². The number of nitrogens with zero attached hydrogens (tertiary/aromatic N) is 7. The number of methoxy groups -OCH3 is 1. The fourth-order valence-electron chi connectivity index (χ4n) is 4.99. The maximum Gasteiger partial charge on any atom is 0.240 e. The van der Waals surface area contributed by atoms with Crippen LogP contribution in [0.15, 0.2) is 34.6 Å². The fraction of sp³-hybridized carbons (Fsp3) is 0.538. The predicted octanol–water partition coefficient (Wildman–Crippen LogP) is 3.21. The third-order valence-corrected chi connectivity index (χ3v) is 6.86. The van der Waals surface area contributed by atoms with E-state index in [0.29, 0.717) is 25.0 Å². The summed E-state index contributed by atoms with van der Waals surface area (Å²) in [7, 11) is 3.62. The molecular weight excluding hydrogens is 456 g/mol. The van der Waals surface area contributed by atoms with Crippen molar-refractivity contribution in [2.24, 2.45) is 17.1 Å². The molecule has 0 saturated heterocycles. The SMILES string of the molecule is C=N/C(=N\n1c(C)c(-c2cnn(Cc3cc(C)nn3C)c2)cc1[C@H]1CC[C@H](O)CC1)N[C@@H](C)COC. The zero-order valence-corrected chi connectivity index (χ0v) is 22.0. The van der Waals surface area contributed by atoms with Crippen LogP contribution in [-0.2, 0) is 18.3 Å². The summed E-state index contributed by atoms with van der Waals surface area (Å²) in [6.07, 6.45) is 7.19. The van der Waals surface area contributed by atoms with Crippen molar-refractivity contribution in [1.29, 1.82) is 0 Å². The molecule has 0 amide bonds. The first kappa shape index (κ1) is 25.8. The van der Waals surface area contributed by atoms with Gasteiger partial charge in [-0.3, -0.25) is 9.36 Å². The van der Waals surface area contributed by atoms with Gasteiger partial charge in [0, 0.05) is 54.8 Å². The molecule has 1 aliphatic carbocycles. The van der Waals surface area contributed by atoms with Gasteiger partial charge in [0.15, 0.2) is 0 Å². The van der Waals surface area contributed by atoms with Crippen molar-refractivity contribution in [2.75, 3.05) is 13.7 Å². The lowest BCUT2D eigenvalue weighted by atomic mass is 9.85. The van der Waals surface area contributed by atoms with E-state index in [1.54, 1.807) is 7.11 Å². The standard InChI is InChI=1S/C26H38N8O2/c1-17-11-22(32(5)30-17)15-33-14-21(13-28-33)24-12-25(20-7-9-23(35)10-8-20)34(19(24)3)31-26(27-4)29-18(2)16-36-6/h11-14,18,20,23,35H,4,7-10,15-16H2,1-3,5-6H3,(H,29,31)/t18-,20-,23-/m0/s1. The number of aliphatic imine (C=N–C) groups is 1. The van der Waals surface area contributed by atoms with Gasteiger partial charge < -0.3 is 15.2 Å². The Morgan fingerprint density at radius 2 is 2.03 bits per heavy atom. The molecule has 1 fully saturated rings. The quantitative estimate of drug-likeness (QED) is 0.369. The molecule has 0 aliphatic heterocycles. The van der Waals surface area contributed by atoms with E-state index in [4.69, 9.17) is 9.84 Å². The van der Waals surface area contributed by atoms with Crippen LogP contribution in [0.4, 0.5) is 0 Å². The second-order valence-electron chi connectivity index (χ2n) is 9.80. The summed E-state index contributed by atoms with van der Waals surface area (Å²) in [5, 5.41) is 27.3. The van der Waals surface area contributed by atoms with Gasteiger partial charge in [-0.15, -0.1) is 5.10 Å². The summed E-state index contributed by atoms with van der Waals surface area (Å²) in [4.78, 5) is 4.14. The Morgan fingerprint density at radius 3 is 2.67 bits per heavy atom. The number of aryl methyl sites for hydroxylation is 2. The molecule has 0 aromatic carbocycles. The Hall–Kier alpha value is -3.24. The van der Waals surface area contributed by atoms with Crippen LogP contribution in [0.3, 0.4) is 0 Å². The minimum Gasteiger partial charge on any atom is -0.393 e. The van der Waals surface area contributed by atoms with Crippen LogP contribution in [0.1, 0.15) is 61.3 Å². The van der Waals surface area contributed by atoms with Crippen molar-refractivity contribution in [3.8, 4) is 11.1 Å². The van der Waals surface area contributed by atoms with Gasteiger partial charge in [-0.1, -0.05) is 0 Å². The molecule has 10 nitrogen and oxygen atoms in total. The van der Waals surface area contributed by atoms with Crippen LogP contribution >= 0.6 is 0 Å². The van der Waals surface area contributed by atoms with Gasteiger partial charge >= 0.3 is 0 Å². The second-order valence-corrected chi connectivity index (χ2v) is 9.80. The third kappa shape index (κ3) is 5.76. The molecular formula is C26H38N8O2. The lowest BCUT2D eigenvalue weighted by molar-refractivity contribution is 0.121. The summed E-state index contributed by atoms with van der Waals surface area (Å²) in [6, 6.07) is 4.34. The number of nitrogens with one attached hydrogen (secondary N) is 1. The lowest BCUT2D eigenvalue weighted by Crippen LogP contribution is -2.35. The molecule has 0 unspecified atom stereocenters. The monoisotopic (exact) mass is 494 g/mol. The minimum absolute atomic E-state index is 0.0386. The molecule has 3 aromatic heterocycles. The summed E-state index contributed by atoms with van der Waals surface area (Å²) in [6.45, 7) is 11.0. The Bertz CT molecular complexity index is 1210. The van der Waals surface area contributed by atoms with Gasteiger partial charge in [0.1, 0.15) is 0 Å². The Kier molecular flexibility index (Phi) is 8.05. The van der Waals surface area contributed by atoms with Gasteiger partial charge in [-0.05, 0) is 65.3 Å². The fourth-order valence-corrected chi connectivity index (χ4v) is 4.99. The number of guanidine groups is 1. The van der Waals surface area contributed by atoms with Crippen LogP contribution in [0.2, 0.25) is 0 Å². The Balaban J connectivity index is 1.69. The number of aliphatic hydroxyl groups excluding tert-OH is 1. The molecule has 1 atom stereocenters. The normalized spacial score (nSPS) is 19.4. The molecule has 1 saturated carbocycles. The summed E-state index contributed by atoms with van der Waals surface area (Å²) >= 11 is 0. The zero-order valence-electron chi connectivity index (χ0n) is 22.0. The highest BCUT2D eigenvalue weighted by Gasteiger charge is 2.26. The van der Waals surface area contributed by atoms with E-state index < -0.39 is 0 Å². The smallest absolute Gasteiger partial charge is 0.240 e. The van der Waals surface area contributed by atoms with Gasteiger partial charge in [-0.2, -0.15) is 10.2 Å². The predicted molar refractivity (Wildman–Crippen MR) is 142 cm³/mol. The third-order valence-electron chi connectivity index (χ3n) is 6.86. The average Bonchev–Trinajstić information content (AvgIpc) is 3.52. The first-order chi connectivity index (χ1) is 17.3. The van der Waals surface area contributed by atoms with Crippen molar-refractivity contribution in [3.05, 3.63) is 47.3 Å². The average molecular weight is 495 g/mol. The van der Waals surface area contributed by atoms with Gasteiger partial charge in [0.05, 0.1) is 36.8 Å². The van der Waals surface area contributed by atoms with Crippen LogP contribution in [-0.4, -0.2) is 67.9 Å². The lowest BCUT2D eigenvalue weighted by Gasteiger charge is -2.26. The Labute approximate surface area is 212 Å². The molecule has 1 aliphatic rings. The molecule has 0 radical (unpaired) electrons. The Morgan fingerprint density at radius 1 is 1.28 bits per heavy atom. The highest BCUT2D eigenvalue weighted by atomic mass is 16.5. The van der Waals surface area contributed by atoms with E-state index in [-0.39, 0.29) is 12.1 Å². The molecule has 10 heteroatoms. The van der Waals surface area contributed by atoms with E-state index in [1.165, 1.54) is 0 Å². The minimum atomic E-state index is -0.218. The maximum absolute atomic E-state index is 10.1. The summed E-state index contributed by atoms with van der Waals surface area (Å²) < 4.78 is 11.1. The molecule has 4 rings (SSSR count). The molecule has 0 spiro atoms. The van der Waals surface area contributed by atoms with Crippen LogP contribution < -0.4 is 5.32 Å². The summed E-state index contributed by atoms with van der Waals surface area (Å²) in [5.74, 6) is 0.753. The van der Waals surface area contributed by atoms with E-state index in [0.717, 1.165) is 59.6 Å². The summed E-state index contributed by atoms with van der Waals surface area (Å²) in [5.41, 5.74) is 6.33.